The standard InChI is InChI=1S/C23H19N3O2S/c1-15-9-11-16(12-10-15)26-22(20-8-5-13-29-20)25-19-7-4-3-6-17(19)21(27)18(14-24-2)23(26)28/h3-14,24H,1-2H3/b18-14+,25-22-. The zero-order valence-corrected chi connectivity index (χ0v) is 16.9. The van der Waals surface area contributed by atoms with Crippen LogP contribution in [0.5, 0.6) is 0 Å². The molecule has 0 radical (unpaired) electrons. The second-order valence-electron chi connectivity index (χ2n) is 6.58. The Hall–Kier alpha value is -3.51. The number of carbonyl (C=O) groups excluding carboxylic acids is 2. The minimum Gasteiger partial charge on any atom is -0.393 e. The average Bonchev–Trinajstić information content (AvgIpc) is 3.26. The maximum Gasteiger partial charge on any atom is 0.269 e. The van der Waals surface area contributed by atoms with Crippen molar-refractivity contribution in [3.63, 3.8) is 0 Å². The van der Waals surface area contributed by atoms with Gasteiger partial charge in [0.2, 0.25) is 5.78 Å². The second-order valence-corrected chi connectivity index (χ2v) is 7.53. The summed E-state index contributed by atoms with van der Waals surface area (Å²) in [5.41, 5.74) is 2.73. The van der Waals surface area contributed by atoms with Crippen molar-refractivity contribution in [2.24, 2.45) is 4.99 Å². The molecule has 1 aliphatic rings. The molecule has 3 aromatic rings. The summed E-state index contributed by atoms with van der Waals surface area (Å²) in [6, 6.07) is 18.5. The van der Waals surface area contributed by atoms with E-state index in [0.29, 0.717) is 22.8 Å². The maximum absolute atomic E-state index is 13.6. The quantitative estimate of drug-likeness (QED) is 0.520. The van der Waals surface area contributed by atoms with Gasteiger partial charge in [-0.2, -0.15) is 0 Å². The molecule has 0 aliphatic carbocycles. The summed E-state index contributed by atoms with van der Waals surface area (Å²) in [6.07, 6.45) is 1.46. The Morgan fingerprint density at radius 2 is 1.76 bits per heavy atom. The number of thiophene rings is 1. The van der Waals surface area contributed by atoms with Crippen LogP contribution in [0.15, 0.2) is 82.8 Å². The van der Waals surface area contributed by atoms with E-state index in [9.17, 15) is 9.59 Å². The molecule has 0 unspecified atom stereocenters. The largest absolute Gasteiger partial charge is 0.393 e. The van der Waals surface area contributed by atoms with Crippen molar-refractivity contribution in [1.82, 2.24) is 5.32 Å². The number of amides is 1. The second kappa shape index (κ2) is 7.85. The number of hydrogen-bond acceptors (Lipinski definition) is 5. The first-order valence-corrected chi connectivity index (χ1v) is 10.0. The molecule has 1 amide bonds. The molecule has 0 atom stereocenters. The topological polar surface area (TPSA) is 61.8 Å². The van der Waals surface area contributed by atoms with Crippen LogP contribution < -0.4 is 10.2 Å². The average molecular weight is 401 g/mol. The van der Waals surface area contributed by atoms with Gasteiger partial charge < -0.3 is 5.32 Å². The smallest absolute Gasteiger partial charge is 0.269 e. The Kier molecular flexibility index (Phi) is 5.10. The van der Waals surface area contributed by atoms with Crippen LogP contribution in [-0.4, -0.2) is 24.6 Å². The lowest BCUT2D eigenvalue weighted by Gasteiger charge is -2.27. The van der Waals surface area contributed by atoms with Gasteiger partial charge in [0.1, 0.15) is 5.57 Å². The summed E-state index contributed by atoms with van der Waals surface area (Å²) in [5.74, 6) is -0.281. The molecule has 2 aromatic carbocycles. The zero-order chi connectivity index (χ0) is 20.4. The maximum atomic E-state index is 13.6. The van der Waals surface area contributed by atoms with Gasteiger partial charge in [0.05, 0.1) is 16.3 Å². The van der Waals surface area contributed by atoms with Gasteiger partial charge in [-0.15, -0.1) is 11.3 Å². The van der Waals surface area contributed by atoms with Gasteiger partial charge in [-0.25, -0.2) is 4.99 Å². The number of nitrogens with one attached hydrogen (secondary N) is 1. The van der Waals surface area contributed by atoms with Gasteiger partial charge in [-0.3, -0.25) is 14.5 Å². The molecule has 1 aliphatic heterocycles. The van der Waals surface area contributed by atoms with E-state index in [1.165, 1.54) is 22.4 Å². The molecule has 4 rings (SSSR count). The SMILES string of the molecule is CN/C=C1\C(=O)c2ccccc2/N=C(/c2cccs2)N(c2ccc(C)cc2)C1=O. The number of hydrogen-bond donors (Lipinski definition) is 1. The van der Waals surface area contributed by atoms with E-state index in [1.807, 2.05) is 54.8 Å². The molecule has 29 heavy (non-hydrogen) atoms. The molecule has 0 bridgehead atoms. The van der Waals surface area contributed by atoms with Crippen LogP contribution in [0.3, 0.4) is 0 Å². The minimum absolute atomic E-state index is 0.0597. The lowest BCUT2D eigenvalue weighted by Crippen LogP contribution is -2.41. The Bertz CT molecular complexity index is 1130. The van der Waals surface area contributed by atoms with Crippen LogP contribution in [0.4, 0.5) is 11.4 Å². The van der Waals surface area contributed by atoms with Crippen molar-refractivity contribution in [2.75, 3.05) is 11.9 Å². The molecule has 1 aromatic heterocycles. The van der Waals surface area contributed by atoms with Gasteiger partial charge in [0, 0.05) is 18.8 Å². The fourth-order valence-electron chi connectivity index (χ4n) is 3.16. The summed E-state index contributed by atoms with van der Waals surface area (Å²) in [5, 5.41) is 4.78. The van der Waals surface area contributed by atoms with Crippen molar-refractivity contribution in [1.29, 1.82) is 0 Å². The fraction of sp³-hybridized carbons (Fsp3) is 0.0870. The normalized spacial score (nSPS) is 17.4. The van der Waals surface area contributed by atoms with Gasteiger partial charge in [-0.05, 0) is 42.6 Å². The summed E-state index contributed by atoms with van der Waals surface area (Å²) in [7, 11) is 1.67. The number of aliphatic imine (C=N–C) groups is 1. The number of rotatable bonds is 3. The molecule has 144 valence electrons. The van der Waals surface area contributed by atoms with Gasteiger partial charge >= 0.3 is 0 Å². The van der Waals surface area contributed by atoms with E-state index < -0.39 is 5.91 Å². The first-order chi connectivity index (χ1) is 14.1. The van der Waals surface area contributed by atoms with Crippen molar-refractivity contribution in [3.8, 4) is 0 Å². The van der Waals surface area contributed by atoms with E-state index in [-0.39, 0.29) is 11.4 Å². The molecule has 0 spiro atoms. The lowest BCUT2D eigenvalue weighted by molar-refractivity contribution is -0.114. The number of Topliss-reactive ketones (excluding diaryl/α,β-unsaturated/α-hetero) is 1. The fourth-order valence-corrected chi connectivity index (χ4v) is 3.87. The number of para-hydroxylation sites is 1. The predicted octanol–water partition coefficient (Wildman–Crippen LogP) is 4.47. The molecule has 0 saturated heterocycles. The molecular formula is C23H19N3O2S. The Labute approximate surface area is 173 Å². The van der Waals surface area contributed by atoms with Crippen molar-refractivity contribution in [3.05, 3.63) is 93.8 Å². The van der Waals surface area contributed by atoms with Crippen LogP contribution >= 0.6 is 11.3 Å². The number of ketones is 1. The Morgan fingerprint density at radius 3 is 2.45 bits per heavy atom. The number of fused-ring (bicyclic) bond motifs is 1. The highest BCUT2D eigenvalue weighted by atomic mass is 32.1. The van der Waals surface area contributed by atoms with Gasteiger partial charge in [0.15, 0.2) is 5.84 Å². The Morgan fingerprint density at radius 1 is 1.00 bits per heavy atom. The van der Waals surface area contributed by atoms with E-state index in [2.05, 4.69) is 5.32 Å². The third-order valence-electron chi connectivity index (χ3n) is 4.59. The zero-order valence-electron chi connectivity index (χ0n) is 16.0. The van der Waals surface area contributed by atoms with E-state index >= 15 is 0 Å². The van der Waals surface area contributed by atoms with Gasteiger partial charge in [-0.1, -0.05) is 35.9 Å². The van der Waals surface area contributed by atoms with Crippen LogP contribution in [-0.2, 0) is 4.79 Å². The number of nitrogens with zero attached hydrogens (tertiary/aromatic N) is 2. The van der Waals surface area contributed by atoms with E-state index in [4.69, 9.17) is 4.99 Å². The van der Waals surface area contributed by atoms with Crippen LogP contribution in [0.2, 0.25) is 0 Å². The van der Waals surface area contributed by atoms with Crippen LogP contribution in [0.1, 0.15) is 20.8 Å². The van der Waals surface area contributed by atoms with Crippen LogP contribution in [0, 0.1) is 6.92 Å². The van der Waals surface area contributed by atoms with Crippen molar-refractivity contribution >= 4 is 40.2 Å². The molecule has 6 heteroatoms. The number of carbonyl (C=O) groups is 2. The minimum atomic E-state index is -0.421. The predicted molar refractivity (Wildman–Crippen MR) is 117 cm³/mol. The lowest BCUT2D eigenvalue weighted by atomic mass is 9.99. The number of anilines is 1. The first kappa shape index (κ1) is 18.8. The summed E-state index contributed by atoms with van der Waals surface area (Å²) >= 11 is 1.49. The highest BCUT2D eigenvalue weighted by molar-refractivity contribution is 7.12. The third kappa shape index (κ3) is 3.50. The van der Waals surface area contributed by atoms with Gasteiger partial charge in [0.25, 0.3) is 5.91 Å². The summed E-state index contributed by atoms with van der Waals surface area (Å²) in [6.45, 7) is 1.99. The summed E-state index contributed by atoms with van der Waals surface area (Å²) < 4.78 is 0. The van der Waals surface area contributed by atoms with Crippen LogP contribution in [0.25, 0.3) is 0 Å². The van der Waals surface area contributed by atoms with Crippen molar-refractivity contribution < 1.29 is 9.59 Å². The monoisotopic (exact) mass is 401 g/mol. The highest BCUT2D eigenvalue weighted by Crippen LogP contribution is 2.31. The molecule has 0 fully saturated rings. The number of amidine groups is 1. The molecule has 1 N–H and O–H groups in total. The summed E-state index contributed by atoms with van der Waals surface area (Å²) in [4.78, 5) is 33.9. The van der Waals surface area contributed by atoms with Crippen molar-refractivity contribution in [2.45, 2.75) is 6.92 Å². The van der Waals surface area contributed by atoms with E-state index in [0.717, 1.165) is 10.4 Å². The molecular weight excluding hydrogens is 382 g/mol. The number of aryl methyl sites for hydroxylation is 1. The number of benzene rings is 2. The Balaban J connectivity index is 2.03. The third-order valence-corrected chi connectivity index (χ3v) is 5.45. The first-order valence-electron chi connectivity index (χ1n) is 9.15. The molecule has 0 saturated carbocycles. The molecule has 5 nitrogen and oxygen atoms in total. The highest BCUT2D eigenvalue weighted by Gasteiger charge is 2.33. The van der Waals surface area contributed by atoms with E-state index in [1.54, 1.807) is 25.2 Å². The molecule has 2 heterocycles.